The summed E-state index contributed by atoms with van der Waals surface area (Å²) in [5.74, 6) is 0.843. The molecule has 0 spiro atoms. The highest BCUT2D eigenvalue weighted by atomic mass is 127. The number of halogens is 1. The van der Waals surface area contributed by atoms with Gasteiger partial charge in [-0.25, -0.2) is 4.99 Å². The van der Waals surface area contributed by atoms with Gasteiger partial charge < -0.3 is 23.4 Å². The molecule has 1 aliphatic heterocycles. The lowest BCUT2D eigenvalue weighted by Gasteiger charge is -2.37. The van der Waals surface area contributed by atoms with Gasteiger partial charge in [-0.15, -0.1) is 11.8 Å². The molecule has 1 N–H and O–H groups in total. The first-order valence-corrected chi connectivity index (χ1v) is 16.6. The standard InChI is InChI=1S/C22H36IN5O4SSi/c1-22(2,3)34(7,8)31-11-16-15(30-13-33-6)9-17(32-16)28-10-14(23)18-19(28)25-21(26-20(18)29)24-12-27(4)5/h10,12,15-17H,9,11,13H2,1-8H3,(H,25,26,29)/t15-,16-,17-/m1/s1. The highest BCUT2D eigenvalue weighted by molar-refractivity contribution is 14.1. The Morgan fingerprint density at radius 3 is 2.76 bits per heavy atom. The maximum Gasteiger partial charge on any atom is 0.262 e. The van der Waals surface area contributed by atoms with Gasteiger partial charge in [-0.2, -0.15) is 4.98 Å². The molecule has 12 heteroatoms. The number of nitrogens with zero attached hydrogens (tertiary/aromatic N) is 4. The average molecular weight is 622 g/mol. The van der Waals surface area contributed by atoms with Crippen LogP contribution >= 0.6 is 34.4 Å². The minimum Gasteiger partial charge on any atom is -0.414 e. The monoisotopic (exact) mass is 621 g/mol. The van der Waals surface area contributed by atoms with Crippen molar-refractivity contribution in [3.05, 3.63) is 20.1 Å². The van der Waals surface area contributed by atoms with E-state index in [-0.39, 0.29) is 35.0 Å². The van der Waals surface area contributed by atoms with Crippen LogP contribution in [0.3, 0.4) is 0 Å². The van der Waals surface area contributed by atoms with Crippen LogP contribution < -0.4 is 5.56 Å². The molecule has 3 rings (SSSR count). The average Bonchev–Trinajstić information content (AvgIpc) is 3.29. The molecule has 0 aromatic carbocycles. The van der Waals surface area contributed by atoms with Crippen molar-refractivity contribution in [2.24, 2.45) is 4.99 Å². The molecular formula is C22H36IN5O4SSi. The Balaban J connectivity index is 1.91. The van der Waals surface area contributed by atoms with Crippen LogP contribution in [0.15, 0.2) is 16.0 Å². The maximum absolute atomic E-state index is 12.8. The van der Waals surface area contributed by atoms with E-state index >= 15 is 0 Å². The van der Waals surface area contributed by atoms with Crippen molar-refractivity contribution >= 4 is 66.0 Å². The summed E-state index contributed by atoms with van der Waals surface area (Å²) in [6, 6.07) is 0. The molecule has 1 saturated heterocycles. The molecule has 190 valence electrons. The summed E-state index contributed by atoms with van der Waals surface area (Å²) in [6.45, 7) is 11.6. The third-order valence-corrected chi connectivity index (χ3v) is 12.0. The van der Waals surface area contributed by atoms with Crippen LogP contribution in [0, 0.1) is 3.57 Å². The van der Waals surface area contributed by atoms with Crippen LogP contribution in [0.25, 0.3) is 11.0 Å². The number of aromatic amines is 1. The Kier molecular flexibility index (Phi) is 8.94. The number of ether oxygens (including phenoxy) is 2. The van der Waals surface area contributed by atoms with Crippen LogP contribution in [-0.4, -0.2) is 79.2 Å². The summed E-state index contributed by atoms with van der Waals surface area (Å²) in [6.07, 6.45) is 5.57. The van der Waals surface area contributed by atoms with Gasteiger partial charge in [0.2, 0.25) is 5.95 Å². The number of H-pyrrole nitrogens is 1. The second kappa shape index (κ2) is 11.0. The number of nitrogens with one attached hydrogen (secondary N) is 1. The molecule has 1 fully saturated rings. The summed E-state index contributed by atoms with van der Waals surface area (Å²) >= 11 is 3.81. The second-order valence-corrected chi connectivity index (χ2v) is 17.0. The van der Waals surface area contributed by atoms with Gasteiger partial charge in [-0.3, -0.25) is 9.78 Å². The quantitative estimate of drug-likeness (QED) is 0.144. The second-order valence-electron chi connectivity index (χ2n) is 10.2. The van der Waals surface area contributed by atoms with Gasteiger partial charge in [0.25, 0.3) is 5.56 Å². The van der Waals surface area contributed by atoms with Crippen molar-refractivity contribution in [2.45, 2.75) is 63.8 Å². The Bertz CT molecular complexity index is 1080. The fourth-order valence-electron chi connectivity index (χ4n) is 3.41. The van der Waals surface area contributed by atoms with Crippen molar-refractivity contribution in [1.29, 1.82) is 0 Å². The largest absolute Gasteiger partial charge is 0.414 e. The van der Waals surface area contributed by atoms with Gasteiger partial charge in [0, 0.05) is 30.3 Å². The maximum atomic E-state index is 12.8. The topological polar surface area (TPSA) is 94.0 Å². The van der Waals surface area contributed by atoms with E-state index in [1.54, 1.807) is 23.0 Å². The van der Waals surface area contributed by atoms with E-state index in [0.29, 0.717) is 30.0 Å². The van der Waals surface area contributed by atoms with E-state index in [1.807, 2.05) is 31.1 Å². The molecule has 0 aliphatic carbocycles. The number of hydrogen-bond donors (Lipinski definition) is 1. The zero-order valence-corrected chi connectivity index (χ0v) is 25.2. The summed E-state index contributed by atoms with van der Waals surface area (Å²) in [5, 5.41) is 0.650. The van der Waals surface area contributed by atoms with Crippen molar-refractivity contribution in [3.63, 3.8) is 0 Å². The first-order valence-electron chi connectivity index (χ1n) is 11.2. The van der Waals surface area contributed by atoms with Crippen LogP contribution in [0.4, 0.5) is 5.95 Å². The molecule has 34 heavy (non-hydrogen) atoms. The zero-order valence-electron chi connectivity index (χ0n) is 21.2. The fourth-order valence-corrected chi connectivity index (χ4v) is 5.52. The van der Waals surface area contributed by atoms with Gasteiger partial charge >= 0.3 is 0 Å². The molecule has 0 amide bonds. The minimum absolute atomic E-state index is 0.106. The molecule has 2 aromatic rings. The van der Waals surface area contributed by atoms with Crippen molar-refractivity contribution < 1.29 is 13.9 Å². The van der Waals surface area contributed by atoms with E-state index in [9.17, 15) is 4.79 Å². The van der Waals surface area contributed by atoms with Crippen LogP contribution in [0.1, 0.15) is 33.4 Å². The van der Waals surface area contributed by atoms with Gasteiger partial charge in [0.15, 0.2) is 14.0 Å². The van der Waals surface area contributed by atoms with Crippen molar-refractivity contribution in [1.82, 2.24) is 19.4 Å². The number of thioether (sulfide) groups is 1. The van der Waals surface area contributed by atoms with E-state index in [1.165, 1.54) is 0 Å². The predicted molar refractivity (Wildman–Crippen MR) is 150 cm³/mol. The smallest absolute Gasteiger partial charge is 0.262 e. The van der Waals surface area contributed by atoms with E-state index in [4.69, 9.17) is 13.9 Å². The molecule has 3 atom stereocenters. The van der Waals surface area contributed by atoms with Crippen LogP contribution in [-0.2, 0) is 13.9 Å². The molecule has 9 nitrogen and oxygen atoms in total. The van der Waals surface area contributed by atoms with Gasteiger partial charge in [0.1, 0.15) is 12.3 Å². The van der Waals surface area contributed by atoms with Gasteiger partial charge in [-0.1, -0.05) is 20.8 Å². The van der Waals surface area contributed by atoms with Crippen LogP contribution in [0.5, 0.6) is 0 Å². The number of hydrogen-bond acceptors (Lipinski definition) is 7. The third kappa shape index (κ3) is 6.24. The fraction of sp³-hybridized carbons (Fsp3) is 0.682. The van der Waals surface area contributed by atoms with E-state index < -0.39 is 8.32 Å². The Hall–Kier alpha value is -0.933. The minimum atomic E-state index is -1.93. The SMILES string of the molecule is CSCO[C@@H]1C[C@H](n2cc(I)c3c(=O)[nH]c(N=CN(C)C)nc32)O[C@@H]1CO[Si](C)(C)C(C)(C)C. The summed E-state index contributed by atoms with van der Waals surface area (Å²) < 4.78 is 21.9. The highest BCUT2D eigenvalue weighted by Crippen LogP contribution is 2.39. The number of aromatic nitrogens is 3. The molecule has 0 unspecified atom stereocenters. The lowest BCUT2D eigenvalue weighted by Crippen LogP contribution is -2.44. The molecule has 0 radical (unpaired) electrons. The summed E-state index contributed by atoms with van der Waals surface area (Å²) in [4.78, 5) is 26.2. The molecule has 3 heterocycles. The normalized spacial score (nSPS) is 21.7. The number of fused-ring (bicyclic) bond motifs is 1. The Morgan fingerprint density at radius 2 is 2.15 bits per heavy atom. The third-order valence-electron chi connectivity index (χ3n) is 6.34. The number of rotatable bonds is 9. The van der Waals surface area contributed by atoms with E-state index in [2.05, 4.69) is 71.4 Å². The number of aliphatic imine (C=N–C) groups is 1. The lowest BCUT2D eigenvalue weighted by molar-refractivity contribution is -0.0506. The Labute approximate surface area is 220 Å². The summed E-state index contributed by atoms with van der Waals surface area (Å²) in [5.41, 5.74) is 0.337. The zero-order chi connectivity index (χ0) is 25.3. The molecule has 1 aliphatic rings. The van der Waals surface area contributed by atoms with E-state index in [0.717, 1.165) is 3.57 Å². The Morgan fingerprint density at radius 1 is 1.44 bits per heavy atom. The highest BCUT2D eigenvalue weighted by Gasteiger charge is 2.42. The predicted octanol–water partition coefficient (Wildman–Crippen LogP) is 4.57. The van der Waals surface area contributed by atoms with Crippen molar-refractivity contribution in [3.8, 4) is 0 Å². The first kappa shape index (κ1) is 27.7. The molecule has 0 bridgehead atoms. The molecular weight excluding hydrogens is 585 g/mol. The summed E-state index contributed by atoms with van der Waals surface area (Å²) in [7, 11) is 1.79. The molecule has 2 aromatic heterocycles. The lowest BCUT2D eigenvalue weighted by atomic mass is 10.2. The van der Waals surface area contributed by atoms with Crippen LogP contribution in [0.2, 0.25) is 18.1 Å². The first-order chi connectivity index (χ1) is 15.8. The van der Waals surface area contributed by atoms with Gasteiger partial charge in [0.05, 0.1) is 30.4 Å². The molecule has 0 saturated carbocycles. The van der Waals surface area contributed by atoms with Gasteiger partial charge in [-0.05, 0) is 47.0 Å². The van der Waals surface area contributed by atoms with Crippen molar-refractivity contribution in [2.75, 3.05) is 32.9 Å².